The van der Waals surface area contributed by atoms with Crippen molar-refractivity contribution in [1.29, 1.82) is 0 Å². The van der Waals surface area contributed by atoms with Gasteiger partial charge in [-0.15, -0.1) is 12.4 Å². The zero-order valence-corrected chi connectivity index (χ0v) is 20.8. The maximum absolute atomic E-state index is 11.8. The lowest BCUT2D eigenvalue weighted by molar-refractivity contribution is 0.164. The Hall–Kier alpha value is -1.31. The second kappa shape index (κ2) is 10.7. The van der Waals surface area contributed by atoms with Crippen molar-refractivity contribution in [2.75, 3.05) is 25.4 Å². The monoisotopic (exact) mass is 498 g/mol. The Morgan fingerprint density at radius 2 is 1.94 bits per heavy atom. The van der Waals surface area contributed by atoms with Crippen LogP contribution in [0.2, 0.25) is 5.02 Å². The fourth-order valence-corrected chi connectivity index (χ4v) is 6.12. The molecule has 1 aliphatic carbocycles. The van der Waals surface area contributed by atoms with Gasteiger partial charge in [-0.2, -0.15) is 0 Å². The molecule has 32 heavy (non-hydrogen) atoms. The fourth-order valence-electron chi connectivity index (χ4n) is 4.91. The summed E-state index contributed by atoms with van der Waals surface area (Å²) in [6.07, 6.45) is 5.14. The first-order chi connectivity index (χ1) is 14.9. The first kappa shape index (κ1) is 25.3. The molecule has 2 aromatic carbocycles. The second-order valence-corrected chi connectivity index (χ2v) is 10.9. The van der Waals surface area contributed by atoms with Crippen molar-refractivity contribution >= 4 is 34.0 Å². The molecule has 176 valence electrons. The van der Waals surface area contributed by atoms with E-state index in [1.165, 1.54) is 36.0 Å². The predicted octanol–water partition coefficient (Wildman–Crippen LogP) is 4.78. The molecular formula is C24H32Cl2N2O3S. The first-order valence-corrected chi connectivity index (χ1v) is 13.2. The summed E-state index contributed by atoms with van der Waals surface area (Å²) in [7, 11) is -3.20. The molecule has 1 atom stereocenters. The number of sulfonamides is 1. The van der Waals surface area contributed by atoms with Gasteiger partial charge in [-0.05, 0) is 73.2 Å². The Morgan fingerprint density at radius 3 is 2.59 bits per heavy atom. The summed E-state index contributed by atoms with van der Waals surface area (Å²) < 4.78 is 31.9. The first-order valence-electron chi connectivity index (χ1n) is 11.2. The van der Waals surface area contributed by atoms with Gasteiger partial charge in [0.1, 0.15) is 12.4 Å². The predicted molar refractivity (Wildman–Crippen MR) is 133 cm³/mol. The average Bonchev–Trinajstić information content (AvgIpc) is 2.72. The van der Waals surface area contributed by atoms with Crippen molar-refractivity contribution in [3.63, 3.8) is 0 Å². The molecule has 1 fully saturated rings. The number of rotatable bonds is 9. The smallest absolute Gasteiger partial charge is 0.211 e. The van der Waals surface area contributed by atoms with E-state index in [9.17, 15) is 8.42 Å². The maximum atomic E-state index is 11.8. The molecule has 1 saturated carbocycles. The molecule has 5 nitrogen and oxygen atoms in total. The fraction of sp³-hybridized carbons (Fsp3) is 0.500. The van der Waals surface area contributed by atoms with Crippen LogP contribution in [0, 0.1) is 0 Å². The molecule has 2 aromatic rings. The van der Waals surface area contributed by atoms with Crippen molar-refractivity contribution in [3.8, 4) is 5.75 Å². The standard InChI is InChI=1S/C24H31ClN2O3S.ClH/c1-2-16-31(28,29)27-14-15-30-21-8-9-22-18(17-21)10-13-26-23(22)24(11-3-12-24)19-4-6-20(25)7-5-19;/h4-9,17,23,26-27H,2-3,10-16H2,1H3;1H. The third-order valence-corrected chi connectivity index (χ3v) is 8.39. The molecule has 0 radical (unpaired) electrons. The molecule has 0 amide bonds. The highest BCUT2D eigenvalue weighted by Gasteiger charge is 2.47. The third-order valence-electron chi connectivity index (χ3n) is 6.55. The normalized spacial score (nSPS) is 19.4. The van der Waals surface area contributed by atoms with Gasteiger partial charge >= 0.3 is 0 Å². The summed E-state index contributed by atoms with van der Waals surface area (Å²) in [6.45, 7) is 3.39. The van der Waals surface area contributed by atoms with Crippen LogP contribution in [0.15, 0.2) is 42.5 Å². The van der Waals surface area contributed by atoms with Crippen LogP contribution < -0.4 is 14.8 Å². The SMILES string of the molecule is CCCS(=O)(=O)NCCOc1ccc2c(c1)CCNC2C1(c2ccc(Cl)cc2)CCC1.Cl. The molecule has 2 aliphatic rings. The van der Waals surface area contributed by atoms with Crippen LogP contribution in [-0.4, -0.2) is 33.9 Å². The molecule has 4 rings (SSSR count). The van der Waals surface area contributed by atoms with Gasteiger partial charge in [0.15, 0.2) is 0 Å². The van der Waals surface area contributed by atoms with Crippen molar-refractivity contribution in [1.82, 2.24) is 10.0 Å². The van der Waals surface area contributed by atoms with E-state index >= 15 is 0 Å². The topological polar surface area (TPSA) is 67.4 Å². The van der Waals surface area contributed by atoms with E-state index in [1.807, 2.05) is 25.1 Å². The van der Waals surface area contributed by atoms with E-state index in [0.29, 0.717) is 13.0 Å². The highest BCUT2D eigenvalue weighted by atomic mass is 35.5. The molecule has 1 unspecified atom stereocenters. The van der Waals surface area contributed by atoms with Crippen LogP contribution in [0.4, 0.5) is 0 Å². The lowest BCUT2D eigenvalue weighted by atomic mass is 9.58. The third kappa shape index (κ3) is 5.42. The molecule has 1 aliphatic heterocycles. The summed E-state index contributed by atoms with van der Waals surface area (Å²) >= 11 is 6.13. The van der Waals surface area contributed by atoms with Crippen LogP contribution in [0.3, 0.4) is 0 Å². The summed E-state index contributed by atoms with van der Waals surface area (Å²) in [4.78, 5) is 0. The Labute approximate surface area is 202 Å². The van der Waals surface area contributed by atoms with Gasteiger partial charge < -0.3 is 10.1 Å². The van der Waals surface area contributed by atoms with Gasteiger partial charge in [-0.3, -0.25) is 0 Å². The summed E-state index contributed by atoms with van der Waals surface area (Å²) in [5.74, 6) is 0.943. The van der Waals surface area contributed by atoms with Crippen LogP contribution >= 0.6 is 24.0 Å². The van der Waals surface area contributed by atoms with Gasteiger partial charge in [0.25, 0.3) is 0 Å². The molecule has 0 saturated heterocycles. The number of hydrogen-bond donors (Lipinski definition) is 2. The zero-order chi connectivity index (χ0) is 21.9. The number of nitrogens with one attached hydrogen (secondary N) is 2. The minimum absolute atomic E-state index is 0. The molecule has 8 heteroatoms. The summed E-state index contributed by atoms with van der Waals surface area (Å²) in [6, 6.07) is 14.9. The number of fused-ring (bicyclic) bond motifs is 1. The Morgan fingerprint density at radius 1 is 1.19 bits per heavy atom. The number of halogens is 2. The molecule has 1 heterocycles. The zero-order valence-electron chi connectivity index (χ0n) is 18.4. The minimum Gasteiger partial charge on any atom is -0.492 e. The molecule has 0 aromatic heterocycles. The van der Waals surface area contributed by atoms with Gasteiger partial charge in [0.2, 0.25) is 10.0 Å². The van der Waals surface area contributed by atoms with Crippen LogP contribution in [0.25, 0.3) is 0 Å². The Kier molecular flexibility index (Phi) is 8.50. The quantitative estimate of drug-likeness (QED) is 0.488. The molecule has 0 bridgehead atoms. The van der Waals surface area contributed by atoms with Crippen molar-refractivity contribution in [2.24, 2.45) is 0 Å². The average molecular weight is 500 g/mol. The van der Waals surface area contributed by atoms with E-state index in [1.54, 1.807) is 0 Å². The van der Waals surface area contributed by atoms with Gasteiger partial charge in [-0.1, -0.05) is 43.1 Å². The van der Waals surface area contributed by atoms with Gasteiger partial charge in [0, 0.05) is 23.0 Å². The van der Waals surface area contributed by atoms with Crippen LogP contribution in [0.1, 0.15) is 55.3 Å². The van der Waals surface area contributed by atoms with Crippen molar-refractivity contribution < 1.29 is 13.2 Å². The van der Waals surface area contributed by atoms with E-state index < -0.39 is 10.0 Å². The van der Waals surface area contributed by atoms with E-state index in [2.05, 4.69) is 34.3 Å². The molecule has 0 spiro atoms. The summed E-state index contributed by atoms with van der Waals surface area (Å²) in [5.41, 5.74) is 4.12. The highest BCUT2D eigenvalue weighted by Crippen LogP contribution is 2.53. The number of hydrogen-bond acceptors (Lipinski definition) is 4. The Balaban J connectivity index is 0.00000289. The van der Waals surface area contributed by atoms with Crippen molar-refractivity contribution in [2.45, 2.75) is 50.5 Å². The van der Waals surface area contributed by atoms with Gasteiger partial charge in [-0.25, -0.2) is 13.1 Å². The second-order valence-electron chi connectivity index (χ2n) is 8.58. The number of ether oxygens (including phenoxy) is 1. The van der Waals surface area contributed by atoms with E-state index in [0.717, 1.165) is 23.7 Å². The number of benzene rings is 2. The van der Waals surface area contributed by atoms with E-state index in [4.69, 9.17) is 16.3 Å². The molecular weight excluding hydrogens is 467 g/mol. The lowest BCUT2D eigenvalue weighted by Crippen LogP contribution is -2.49. The van der Waals surface area contributed by atoms with Crippen LogP contribution in [-0.2, 0) is 21.9 Å². The van der Waals surface area contributed by atoms with E-state index in [-0.39, 0.29) is 36.2 Å². The molecule has 2 N–H and O–H groups in total. The van der Waals surface area contributed by atoms with Crippen molar-refractivity contribution in [3.05, 3.63) is 64.2 Å². The Bertz CT molecular complexity index is 1010. The lowest BCUT2D eigenvalue weighted by Gasteiger charge is -2.50. The maximum Gasteiger partial charge on any atom is 0.211 e. The van der Waals surface area contributed by atoms with Crippen LogP contribution in [0.5, 0.6) is 5.75 Å². The highest BCUT2D eigenvalue weighted by molar-refractivity contribution is 7.89. The van der Waals surface area contributed by atoms with Gasteiger partial charge in [0.05, 0.1) is 5.75 Å². The largest absolute Gasteiger partial charge is 0.492 e. The minimum atomic E-state index is -3.20. The summed E-state index contributed by atoms with van der Waals surface area (Å²) in [5, 5.41) is 4.55.